The van der Waals surface area contributed by atoms with Crippen LogP contribution >= 0.6 is 0 Å². The molecule has 1 fully saturated rings. The fourth-order valence-electron chi connectivity index (χ4n) is 2.88. The van der Waals surface area contributed by atoms with Gasteiger partial charge in [-0.2, -0.15) is 0 Å². The number of benzene rings is 1. The van der Waals surface area contributed by atoms with Gasteiger partial charge in [0, 0.05) is 5.92 Å². The predicted octanol–water partition coefficient (Wildman–Crippen LogP) is 4.42. The molecule has 1 aromatic carbocycles. The Bertz CT molecular complexity index is 437. The Balaban J connectivity index is 1.72. The largest absolute Gasteiger partial charge is 0.490 e. The zero-order valence-corrected chi connectivity index (χ0v) is 12.0. The van der Waals surface area contributed by atoms with Gasteiger partial charge in [-0.1, -0.05) is 32.8 Å². The number of unbranched alkanes of at least 4 members (excludes halogenated alkanes) is 1. The van der Waals surface area contributed by atoms with Gasteiger partial charge >= 0.3 is 0 Å². The monoisotopic (exact) mass is 260 g/mol. The Morgan fingerprint density at radius 2 is 2.16 bits per heavy atom. The van der Waals surface area contributed by atoms with Crippen LogP contribution in [0.1, 0.15) is 63.0 Å². The molecule has 1 heterocycles. The lowest BCUT2D eigenvalue weighted by molar-refractivity contribution is 0.00512. The van der Waals surface area contributed by atoms with Crippen molar-refractivity contribution in [2.45, 2.75) is 70.7 Å². The zero-order valence-electron chi connectivity index (χ0n) is 12.0. The summed E-state index contributed by atoms with van der Waals surface area (Å²) >= 11 is 0. The molecule has 0 unspecified atom stereocenters. The summed E-state index contributed by atoms with van der Waals surface area (Å²) in [5, 5.41) is 0. The van der Waals surface area contributed by atoms with Crippen LogP contribution in [-0.2, 0) is 11.3 Å². The van der Waals surface area contributed by atoms with E-state index in [9.17, 15) is 0 Å². The van der Waals surface area contributed by atoms with Crippen molar-refractivity contribution in [3.8, 4) is 5.75 Å². The fourth-order valence-corrected chi connectivity index (χ4v) is 2.88. The second kappa shape index (κ2) is 5.54. The average molecular weight is 260 g/mol. The third kappa shape index (κ3) is 2.94. The smallest absolute Gasteiger partial charge is 0.120 e. The molecule has 1 aliphatic carbocycles. The Kier molecular flexibility index (Phi) is 3.79. The number of hydrogen-bond acceptors (Lipinski definition) is 2. The Labute approximate surface area is 116 Å². The highest BCUT2D eigenvalue weighted by Gasteiger charge is 2.28. The van der Waals surface area contributed by atoms with Gasteiger partial charge in [0.25, 0.3) is 0 Å². The van der Waals surface area contributed by atoms with E-state index in [1.54, 1.807) is 0 Å². The molecular formula is C17H24O2. The summed E-state index contributed by atoms with van der Waals surface area (Å²) < 4.78 is 11.9. The number of fused-ring (bicyclic) bond motifs is 1. The van der Waals surface area contributed by atoms with E-state index in [-0.39, 0.29) is 0 Å². The van der Waals surface area contributed by atoms with Gasteiger partial charge in [-0.15, -0.1) is 0 Å². The summed E-state index contributed by atoms with van der Waals surface area (Å²) in [7, 11) is 0. The van der Waals surface area contributed by atoms with Gasteiger partial charge in [0.05, 0.1) is 18.8 Å². The van der Waals surface area contributed by atoms with Crippen molar-refractivity contribution in [2.24, 2.45) is 0 Å². The van der Waals surface area contributed by atoms with E-state index in [4.69, 9.17) is 9.47 Å². The molecule has 2 nitrogen and oxygen atoms in total. The van der Waals surface area contributed by atoms with E-state index >= 15 is 0 Å². The topological polar surface area (TPSA) is 18.5 Å². The molecule has 1 aliphatic heterocycles. The van der Waals surface area contributed by atoms with E-state index in [0.717, 1.165) is 12.4 Å². The Hall–Kier alpha value is -1.02. The first-order chi connectivity index (χ1) is 9.28. The van der Waals surface area contributed by atoms with E-state index in [1.807, 2.05) is 0 Å². The summed E-state index contributed by atoms with van der Waals surface area (Å²) in [6, 6.07) is 6.56. The highest BCUT2D eigenvalue weighted by Crippen LogP contribution is 2.36. The molecule has 0 radical (unpaired) electrons. The second-order valence-electron chi connectivity index (χ2n) is 5.96. The molecule has 2 atom stereocenters. The van der Waals surface area contributed by atoms with Crippen LogP contribution < -0.4 is 4.74 Å². The van der Waals surface area contributed by atoms with E-state index < -0.39 is 0 Å². The lowest BCUT2D eigenvalue weighted by atomic mass is 9.87. The van der Waals surface area contributed by atoms with Crippen molar-refractivity contribution in [3.63, 3.8) is 0 Å². The minimum atomic E-state index is 0.391. The third-order valence-corrected chi connectivity index (χ3v) is 4.28. The first kappa shape index (κ1) is 13.0. The van der Waals surface area contributed by atoms with Gasteiger partial charge in [0.15, 0.2) is 0 Å². The summed E-state index contributed by atoms with van der Waals surface area (Å²) in [4.78, 5) is 0. The van der Waals surface area contributed by atoms with Crippen LogP contribution in [0, 0.1) is 0 Å². The highest BCUT2D eigenvalue weighted by atomic mass is 16.5. The molecule has 19 heavy (non-hydrogen) atoms. The van der Waals surface area contributed by atoms with E-state index in [0.29, 0.717) is 18.1 Å². The lowest BCUT2D eigenvalue weighted by Gasteiger charge is -2.32. The van der Waals surface area contributed by atoms with Gasteiger partial charge in [0.2, 0.25) is 0 Å². The first-order valence-corrected chi connectivity index (χ1v) is 7.69. The molecule has 1 aromatic rings. The molecule has 0 saturated heterocycles. The van der Waals surface area contributed by atoms with Crippen LogP contribution in [0.3, 0.4) is 0 Å². The van der Waals surface area contributed by atoms with Crippen molar-refractivity contribution >= 4 is 0 Å². The minimum absolute atomic E-state index is 0.391. The molecule has 1 saturated carbocycles. The van der Waals surface area contributed by atoms with Crippen molar-refractivity contribution in [3.05, 3.63) is 29.3 Å². The van der Waals surface area contributed by atoms with Crippen LogP contribution in [0.15, 0.2) is 18.2 Å². The van der Waals surface area contributed by atoms with Crippen LogP contribution in [-0.4, -0.2) is 12.2 Å². The van der Waals surface area contributed by atoms with Crippen molar-refractivity contribution in [1.29, 1.82) is 0 Å². The fraction of sp³-hybridized carbons (Fsp3) is 0.647. The molecule has 0 N–H and O–H groups in total. The normalized spacial score (nSPS) is 26.0. The van der Waals surface area contributed by atoms with Crippen molar-refractivity contribution in [1.82, 2.24) is 0 Å². The van der Waals surface area contributed by atoms with Crippen molar-refractivity contribution in [2.75, 3.05) is 0 Å². The molecule has 0 bridgehead atoms. The van der Waals surface area contributed by atoms with Crippen LogP contribution in [0.2, 0.25) is 0 Å². The van der Waals surface area contributed by atoms with Gasteiger partial charge in [0.1, 0.15) is 5.75 Å². The molecule has 2 heteroatoms. The maximum absolute atomic E-state index is 6.04. The molecule has 0 spiro atoms. The Morgan fingerprint density at radius 3 is 2.89 bits per heavy atom. The molecule has 0 amide bonds. The van der Waals surface area contributed by atoms with Crippen LogP contribution in [0.25, 0.3) is 0 Å². The standard InChI is InChI=1S/C17H24O2/c1-3-4-5-17-12(2)16-9-8-15(19-14-6-7-14)10-13(16)11-18-17/h8-10,12,14,17H,3-7,11H2,1-2H3/t12-,17-/m0/s1. The van der Waals surface area contributed by atoms with Gasteiger partial charge in [-0.05, 0) is 42.5 Å². The summed E-state index contributed by atoms with van der Waals surface area (Å²) in [5.41, 5.74) is 2.77. The lowest BCUT2D eigenvalue weighted by Crippen LogP contribution is -2.26. The summed E-state index contributed by atoms with van der Waals surface area (Å²) in [5.74, 6) is 1.52. The quantitative estimate of drug-likeness (QED) is 0.780. The maximum Gasteiger partial charge on any atom is 0.120 e. The van der Waals surface area contributed by atoms with Gasteiger partial charge in [-0.3, -0.25) is 0 Å². The molecule has 0 aromatic heterocycles. The maximum atomic E-state index is 6.04. The van der Waals surface area contributed by atoms with Gasteiger partial charge < -0.3 is 9.47 Å². The first-order valence-electron chi connectivity index (χ1n) is 7.69. The highest BCUT2D eigenvalue weighted by molar-refractivity contribution is 5.39. The molecule has 2 aliphatic rings. The number of ether oxygens (including phenoxy) is 2. The number of hydrogen-bond donors (Lipinski definition) is 0. The average Bonchev–Trinajstić information content (AvgIpc) is 3.22. The van der Waals surface area contributed by atoms with Gasteiger partial charge in [-0.25, -0.2) is 0 Å². The van der Waals surface area contributed by atoms with Crippen molar-refractivity contribution < 1.29 is 9.47 Å². The molecule has 3 rings (SSSR count). The van der Waals surface area contributed by atoms with E-state index in [2.05, 4.69) is 32.0 Å². The van der Waals surface area contributed by atoms with Crippen LogP contribution in [0.5, 0.6) is 5.75 Å². The molecular weight excluding hydrogens is 236 g/mol. The number of rotatable bonds is 5. The molecule has 104 valence electrons. The zero-order chi connectivity index (χ0) is 13.2. The predicted molar refractivity (Wildman–Crippen MR) is 76.6 cm³/mol. The SMILES string of the molecule is CCCC[C@@H]1OCc2cc(OC3CC3)ccc2[C@@H]1C. The summed E-state index contributed by atoms with van der Waals surface area (Å²) in [6.45, 7) is 5.28. The second-order valence-corrected chi connectivity index (χ2v) is 5.96. The van der Waals surface area contributed by atoms with E-state index in [1.165, 1.54) is 43.2 Å². The third-order valence-electron chi connectivity index (χ3n) is 4.28. The minimum Gasteiger partial charge on any atom is -0.490 e. The van der Waals surface area contributed by atoms with Crippen LogP contribution in [0.4, 0.5) is 0 Å². The Morgan fingerprint density at radius 1 is 1.32 bits per heavy atom. The summed E-state index contributed by atoms with van der Waals surface area (Å²) in [6.07, 6.45) is 6.96.